The van der Waals surface area contributed by atoms with Crippen molar-refractivity contribution in [2.45, 2.75) is 13.5 Å². The molecule has 2 aromatic heterocycles. The number of carbonyl (C=O) groups excluding carboxylic acids is 1. The second kappa shape index (κ2) is 8.01. The molecule has 0 aliphatic carbocycles. The quantitative estimate of drug-likeness (QED) is 0.407. The second-order valence-electron chi connectivity index (χ2n) is 7.52. The molecule has 0 saturated carbocycles. The average Bonchev–Trinajstić information content (AvgIpc) is 3.13. The van der Waals surface area contributed by atoms with Gasteiger partial charge in [0, 0.05) is 11.1 Å². The number of thiophene rings is 1. The highest BCUT2D eigenvalue weighted by molar-refractivity contribution is 7.20. The maximum Gasteiger partial charge on any atom is 0.266 e. The van der Waals surface area contributed by atoms with Gasteiger partial charge in [0.15, 0.2) is 0 Å². The summed E-state index contributed by atoms with van der Waals surface area (Å²) in [5, 5.41) is 5.36. The molecule has 0 bridgehead atoms. The van der Waals surface area contributed by atoms with E-state index in [1.165, 1.54) is 34.4 Å². The van der Waals surface area contributed by atoms with Gasteiger partial charge in [0.05, 0.1) is 23.1 Å². The van der Waals surface area contributed by atoms with E-state index in [2.05, 4.69) is 10.3 Å². The Labute approximate surface area is 186 Å². The van der Waals surface area contributed by atoms with Crippen LogP contribution in [0.5, 0.6) is 0 Å². The Hall–Kier alpha value is -3.84. The van der Waals surface area contributed by atoms with Crippen molar-refractivity contribution in [3.8, 4) is 0 Å². The molecular formula is C25H18FN3O2S. The Bertz CT molecular complexity index is 1550. The monoisotopic (exact) mass is 443 g/mol. The molecule has 5 nitrogen and oxygen atoms in total. The van der Waals surface area contributed by atoms with Gasteiger partial charge in [0.25, 0.3) is 11.5 Å². The smallest absolute Gasteiger partial charge is 0.266 e. The highest BCUT2D eigenvalue weighted by atomic mass is 32.1. The first-order chi connectivity index (χ1) is 15.5. The van der Waals surface area contributed by atoms with Crippen molar-refractivity contribution >= 4 is 43.9 Å². The predicted molar refractivity (Wildman–Crippen MR) is 126 cm³/mol. The zero-order valence-corrected chi connectivity index (χ0v) is 17.9. The molecule has 1 amide bonds. The molecule has 0 unspecified atom stereocenters. The predicted octanol–water partition coefficient (Wildman–Crippen LogP) is 5.36. The van der Waals surface area contributed by atoms with E-state index in [0.717, 1.165) is 10.8 Å². The van der Waals surface area contributed by atoms with Gasteiger partial charge in [-0.3, -0.25) is 14.2 Å². The largest absolute Gasteiger partial charge is 0.321 e. The van der Waals surface area contributed by atoms with Crippen LogP contribution in [0.15, 0.2) is 77.9 Å². The lowest BCUT2D eigenvalue weighted by atomic mass is 10.1. The van der Waals surface area contributed by atoms with Gasteiger partial charge in [-0.05, 0) is 41.6 Å². The third-order valence-corrected chi connectivity index (χ3v) is 6.60. The van der Waals surface area contributed by atoms with Crippen LogP contribution < -0.4 is 10.9 Å². The summed E-state index contributed by atoms with van der Waals surface area (Å²) in [6.45, 7) is 1.96. The van der Waals surface area contributed by atoms with Gasteiger partial charge in [-0.1, -0.05) is 48.5 Å². The first-order valence-corrected chi connectivity index (χ1v) is 10.8. The lowest BCUT2D eigenvalue weighted by Crippen LogP contribution is -2.21. The molecule has 32 heavy (non-hydrogen) atoms. The number of anilines is 1. The van der Waals surface area contributed by atoms with Crippen molar-refractivity contribution in [1.82, 2.24) is 9.55 Å². The molecule has 7 heteroatoms. The van der Waals surface area contributed by atoms with Crippen LogP contribution in [0.2, 0.25) is 0 Å². The van der Waals surface area contributed by atoms with E-state index in [1.54, 1.807) is 19.1 Å². The van der Waals surface area contributed by atoms with Gasteiger partial charge in [-0.25, -0.2) is 9.37 Å². The molecule has 0 radical (unpaired) electrons. The minimum absolute atomic E-state index is 0.201. The SMILES string of the molecule is Cc1c(C(=O)Nc2cccc3ccccc23)sc2ncn(Cc3cccc(F)c3)c(=O)c12. The maximum absolute atomic E-state index is 13.5. The number of hydrogen-bond donors (Lipinski definition) is 1. The van der Waals surface area contributed by atoms with Crippen LogP contribution in [0, 0.1) is 12.7 Å². The summed E-state index contributed by atoms with van der Waals surface area (Å²) in [6, 6.07) is 19.7. The van der Waals surface area contributed by atoms with Crippen LogP contribution in [0.25, 0.3) is 21.0 Å². The van der Waals surface area contributed by atoms with Gasteiger partial charge < -0.3 is 5.32 Å². The van der Waals surface area contributed by atoms with E-state index >= 15 is 0 Å². The van der Waals surface area contributed by atoms with Crippen molar-refractivity contribution in [3.05, 3.63) is 105 Å². The fraction of sp³-hybridized carbons (Fsp3) is 0.0800. The number of benzene rings is 3. The molecular weight excluding hydrogens is 425 g/mol. The molecule has 0 aliphatic rings. The maximum atomic E-state index is 13.5. The Morgan fingerprint density at radius 3 is 2.72 bits per heavy atom. The summed E-state index contributed by atoms with van der Waals surface area (Å²) in [4.78, 5) is 31.5. The summed E-state index contributed by atoms with van der Waals surface area (Å²) >= 11 is 1.19. The van der Waals surface area contributed by atoms with Crippen molar-refractivity contribution in [1.29, 1.82) is 0 Å². The van der Waals surface area contributed by atoms with E-state index in [-0.39, 0.29) is 23.8 Å². The van der Waals surface area contributed by atoms with Crippen LogP contribution in [0.4, 0.5) is 10.1 Å². The Morgan fingerprint density at radius 2 is 1.88 bits per heavy atom. The standard InChI is InChI=1S/C25H18FN3O2S/c1-15-21-24(27-14-29(25(21)31)13-16-6-4-9-18(26)12-16)32-22(15)23(30)28-20-11-5-8-17-7-2-3-10-19(17)20/h2-12,14H,13H2,1H3,(H,28,30). The summed E-state index contributed by atoms with van der Waals surface area (Å²) in [5.41, 5.74) is 1.71. The first-order valence-electron chi connectivity index (χ1n) is 10.0. The van der Waals surface area contributed by atoms with Crippen molar-refractivity contribution in [2.75, 3.05) is 5.32 Å². The van der Waals surface area contributed by atoms with Gasteiger partial charge in [0.1, 0.15) is 10.6 Å². The first kappa shape index (κ1) is 20.1. The normalized spacial score (nSPS) is 11.2. The van der Waals surface area contributed by atoms with E-state index in [4.69, 9.17) is 0 Å². The Morgan fingerprint density at radius 1 is 1.09 bits per heavy atom. The molecule has 2 heterocycles. The molecule has 158 valence electrons. The number of aromatic nitrogens is 2. The fourth-order valence-electron chi connectivity index (χ4n) is 3.83. The fourth-order valence-corrected chi connectivity index (χ4v) is 4.87. The van der Waals surface area contributed by atoms with Crippen LogP contribution in [0.3, 0.4) is 0 Å². The number of hydrogen-bond acceptors (Lipinski definition) is 4. The van der Waals surface area contributed by atoms with Crippen molar-refractivity contribution in [2.24, 2.45) is 0 Å². The highest BCUT2D eigenvalue weighted by Crippen LogP contribution is 2.29. The number of carbonyl (C=O) groups is 1. The van der Waals surface area contributed by atoms with Crippen LogP contribution >= 0.6 is 11.3 Å². The molecule has 0 saturated heterocycles. The topological polar surface area (TPSA) is 64.0 Å². The zero-order valence-electron chi connectivity index (χ0n) is 17.1. The van der Waals surface area contributed by atoms with E-state index in [0.29, 0.717) is 31.9 Å². The lowest BCUT2D eigenvalue weighted by molar-refractivity contribution is 0.103. The number of nitrogens with one attached hydrogen (secondary N) is 1. The molecule has 1 N–H and O–H groups in total. The number of rotatable bonds is 4. The second-order valence-corrected chi connectivity index (χ2v) is 8.52. The molecule has 3 aromatic carbocycles. The van der Waals surface area contributed by atoms with E-state index in [1.807, 2.05) is 42.5 Å². The Kier molecular flexibility index (Phi) is 5.03. The van der Waals surface area contributed by atoms with Crippen LogP contribution in [0.1, 0.15) is 20.8 Å². The number of nitrogens with zero attached hydrogens (tertiary/aromatic N) is 2. The van der Waals surface area contributed by atoms with Crippen molar-refractivity contribution in [3.63, 3.8) is 0 Å². The summed E-state index contributed by atoms with van der Waals surface area (Å²) in [7, 11) is 0. The van der Waals surface area contributed by atoms with Crippen LogP contribution in [-0.2, 0) is 6.54 Å². The van der Waals surface area contributed by atoms with Gasteiger partial charge in [0.2, 0.25) is 0 Å². The van der Waals surface area contributed by atoms with Crippen molar-refractivity contribution < 1.29 is 9.18 Å². The molecule has 0 spiro atoms. The zero-order chi connectivity index (χ0) is 22.2. The van der Waals surface area contributed by atoms with Crippen LogP contribution in [-0.4, -0.2) is 15.5 Å². The number of amides is 1. The minimum atomic E-state index is -0.358. The third kappa shape index (κ3) is 3.56. The number of halogens is 1. The molecule has 0 atom stereocenters. The average molecular weight is 444 g/mol. The summed E-state index contributed by atoms with van der Waals surface area (Å²) < 4.78 is 14.9. The van der Waals surface area contributed by atoms with Gasteiger partial charge in [-0.2, -0.15) is 0 Å². The molecule has 5 aromatic rings. The van der Waals surface area contributed by atoms with Gasteiger partial charge >= 0.3 is 0 Å². The minimum Gasteiger partial charge on any atom is -0.321 e. The van der Waals surface area contributed by atoms with E-state index in [9.17, 15) is 14.0 Å². The number of fused-ring (bicyclic) bond motifs is 2. The highest BCUT2D eigenvalue weighted by Gasteiger charge is 2.20. The van der Waals surface area contributed by atoms with Gasteiger partial charge in [-0.15, -0.1) is 11.3 Å². The molecule has 5 rings (SSSR count). The van der Waals surface area contributed by atoms with E-state index < -0.39 is 0 Å². The summed E-state index contributed by atoms with van der Waals surface area (Å²) in [6.07, 6.45) is 1.44. The molecule has 0 aliphatic heterocycles. The third-order valence-electron chi connectivity index (χ3n) is 5.40. The Balaban J connectivity index is 1.51. The molecule has 0 fully saturated rings. The summed E-state index contributed by atoms with van der Waals surface area (Å²) in [5.74, 6) is -0.637. The lowest BCUT2D eigenvalue weighted by Gasteiger charge is -2.08. The number of aryl methyl sites for hydroxylation is 1.